The Morgan fingerprint density at radius 1 is 0.698 bits per heavy atom. The molecule has 2 heterocycles. The molecule has 2 aromatic carbocycles. The fourth-order valence-electron chi connectivity index (χ4n) is 11.8. The fourth-order valence-corrected chi connectivity index (χ4v) is 16.9. The molecule has 14 heteroatoms. The van der Waals surface area contributed by atoms with Crippen molar-refractivity contribution in [2.24, 2.45) is 39.4 Å². The number of carbonyl (C=O) groups excluding carboxylic acids is 2. The Balaban J connectivity index is 0.000000151. The average molecular weight is 777 g/mol. The van der Waals surface area contributed by atoms with Crippen LogP contribution in [-0.4, -0.2) is 60.8 Å². The van der Waals surface area contributed by atoms with E-state index in [9.17, 15) is 44.0 Å². The molecule has 8 nitrogen and oxygen atoms in total. The van der Waals surface area contributed by atoms with Gasteiger partial charge in [-0.1, -0.05) is 39.8 Å². The van der Waals surface area contributed by atoms with Gasteiger partial charge < -0.3 is 0 Å². The number of fused-ring (bicyclic) bond motifs is 2. The highest BCUT2D eigenvalue weighted by Crippen LogP contribution is 2.71. The number of benzene rings is 2. The number of amides is 2. The first-order chi connectivity index (χ1) is 24.7. The van der Waals surface area contributed by atoms with Crippen LogP contribution in [0.4, 0.5) is 17.6 Å². The zero-order valence-corrected chi connectivity index (χ0v) is 31.8. The molecule has 286 valence electrons. The van der Waals surface area contributed by atoms with Gasteiger partial charge in [-0.05, 0) is 115 Å². The molecule has 0 radical (unpaired) electrons. The number of carbonyl (C=O) groups is 2. The van der Waals surface area contributed by atoms with E-state index in [1.165, 1.54) is 22.5 Å². The first kappa shape index (κ1) is 36.7. The summed E-state index contributed by atoms with van der Waals surface area (Å²) in [4.78, 5) is 25.9. The Morgan fingerprint density at radius 2 is 1.21 bits per heavy atom. The van der Waals surface area contributed by atoms with Crippen molar-refractivity contribution in [2.75, 3.05) is 11.5 Å². The van der Waals surface area contributed by atoms with Gasteiger partial charge in [0.05, 0.1) is 23.6 Å². The van der Waals surface area contributed by atoms with E-state index in [4.69, 9.17) is 0 Å². The SMILES string of the molecule is CC1(C)C2CC[C@]13CS(=O)(=O)N(C(=O)/C=C/c1ccc(F)c(F)c1)[C@@H]3C2.CC1(C)C2CC[C@]13CS(=O)(=O)N(C(=O)[C@@H]1CC1c1ccc(F)c(F)c1)[C@@H]3C2. The van der Waals surface area contributed by atoms with E-state index in [1.54, 1.807) is 0 Å². The third-order valence-electron chi connectivity index (χ3n) is 15.1. The smallest absolute Gasteiger partial charge is 0.260 e. The summed E-state index contributed by atoms with van der Waals surface area (Å²) >= 11 is 0. The monoisotopic (exact) mass is 776 g/mol. The van der Waals surface area contributed by atoms with E-state index >= 15 is 0 Å². The Morgan fingerprint density at radius 3 is 1.74 bits per heavy atom. The zero-order valence-electron chi connectivity index (χ0n) is 30.1. The van der Waals surface area contributed by atoms with Gasteiger partial charge in [0.1, 0.15) is 0 Å². The lowest BCUT2D eigenvalue weighted by molar-refractivity contribution is -0.130. The topological polar surface area (TPSA) is 109 Å². The van der Waals surface area contributed by atoms with Crippen LogP contribution in [0.1, 0.15) is 89.7 Å². The van der Waals surface area contributed by atoms with Crippen LogP contribution in [-0.2, 0) is 29.6 Å². The van der Waals surface area contributed by atoms with Gasteiger partial charge in [0.25, 0.3) is 5.91 Å². The maximum absolute atomic E-state index is 13.5. The number of rotatable bonds is 4. The van der Waals surface area contributed by atoms with Crippen molar-refractivity contribution in [3.05, 3.63) is 76.9 Å². The minimum absolute atomic E-state index is 0.0128. The molecule has 2 aliphatic heterocycles. The largest absolute Gasteiger partial charge is 0.273 e. The van der Waals surface area contributed by atoms with E-state index in [-0.39, 0.29) is 57.1 Å². The summed E-state index contributed by atoms with van der Waals surface area (Å²) in [5.41, 5.74) is -0.0314. The summed E-state index contributed by atoms with van der Waals surface area (Å²) in [6.45, 7) is 8.53. The van der Waals surface area contributed by atoms with Crippen LogP contribution in [0, 0.1) is 62.7 Å². The molecule has 3 unspecified atom stereocenters. The summed E-state index contributed by atoms with van der Waals surface area (Å²) in [6.07, 6.45) is 8.13. The molecule has 53 heavy (non-hydrogen) atoms. The van der Waals surface area contributed by atoms with Gasteiger partial charge in [-0.2, -0.15) is 0 Å². The third-order valence-corrected chi connectivity index (χ3v) is 18.9. The molecule has 2 amide bonds. The van der Waals surface area contributed by atoms with Crippen molar-refractivity contribution in [1.82, 2.24) is 8.61 Å². The molecule has 2 spiro atoms. The summed E-state index contributed by atoms with van der Waals surface area (Å²) in [7, 11) is -7.32. The molecule has 2 aromatic rings. The van der Waals surface area contributed by atoms with E-state index in [2.05, 4.69) is 27.7 Å². The molecule has 4 bridgehead atoms. The molecule has 2 saturated heterocycles. The van der Waals surface area contributed by atoms with Crippen molar-refractivity contribution < 1.29 is 44.0 Å². The molecular formula is C39H44F4N2O6S2. The molecule has 7 fully saturated rings. The van der Waals surface area contributed by atoms with Crippen LogP contribution in [0.2, 0.25) is 0 Å². The van der Waals surface area contributed by atoms with Gasteiger partial charge in [0.2, 0.25) is 26.0 Å². The predicted molar refractivity (Wildman–Crippen MR) is 189 cm³/mol. The number of halogens is 4. The number of sulfonamides is 2. The van der Waals surface area contributed by atoms with Gasteiger partial charge >= 0.3 is 0 Å². The van der Waals surface area contributed by atoms with Gasteiger partial charge in [0.15, 0.2) is 23.3 Å². The van der Waals surface area contributed by atoms with Crippen LogP contribution in [0.15, 0.2) is 42.5 Å². The highest BCUT2D eigenvalue weighted by Gasteiger charge is 2.74. The summed E-state index contributed by atoms with van der Waals surface area (Å²) < 4.78 is 107. The van der Waals surface area contributed by atoms with Gasteiger partial charge in [-0.3, -0.25) is 9.59 Å². The predicted octanol–water partition coefficient (Wildman–Crippen LogP) is 6.78. The first-order valence-corrected chi connectivity index (χ1v) is 21.6. The van der Waals surface area contributed by atoms with Gasteiger partial charge in [-0.15, -0.1) is 0 Å². The Bertz CT molecular complexity index is 2190. The van der Waals surface area contributed by atoms with E-state index in [0.717, 1.165) is 66.8 Å². The van der Waals surface area contributed by atoms with Crippen molar-refractivity contribution >= 4 is 37.9 Å². The molecule has 9 rings (SSSR count). The molecule has 8 atom stereocenters. The first-order valence-electron chi connectivity index (χ1n) is 18.4. The highest BCUT2D eigenvalue weighted by atomic mass is 32.2. The van der Waals surface area contributed by atoms with Crippen molar-refractivity contribution in [1.29, 1.82) is 0 Å². The average Bonchev–Trinajstić information content (AvgIpc) is 3.48. The molecule has 0 aromatic heterocycles. The minimum atomic E-state index is -3.68. The second kappa shape index (κ2) is 11.6. The van der Waals surface area contributed by atoms with Crippen molar-refractivity contribution in [3.8, 4) is 0 Å². The minimum Gasteiger partial charge on any atom is -0.273 e. The fraction of sp³-hybridized carbons (Fsp3) is 0.590. The third kappa shape index (κ3) is 5.15. The second-order valence-electron chi connectivity index (χ2n) is 17.6. The molecule has 0 N–H and O–H groups in total. The number of nitrogens with zero attached hydrogens (tertiary/aromatic N) is 2. The highest BCUT2D eigenvalue weighted by molar-refractivity contribution is 7.90. The van der Waals surface area contributed by atoms with Gasteiger partial charge in [-0.25, -0.2) is 43.0 Å². The van der Waals surface area contributed by atoms with Crippen LogP contribution < -0.4 is 0 Å². The summed E-state index contributed by atoms with van der Waals surface area (Å²) in [5.74, 6) is -4.54. The van der Waals surface area contributed by atoms with Crippen molar-refractivity contribution in [3.63, 3.8) is 0 Å². The van der Waals surface area contributed by atoms with Crippen LogP contribution in [0.5, 0.6) is 0 Å². The summed E-state index contributed by atoms with van der Waals surface area (Å²) in [5, 5.41) is 0. The summed E-state index contributed by atoms with van der Waals surface area (Å²) in [6, 6.07) is 6.40. The van der Waals surface area contributed by atoms with E-state index in [0.29, 0.717) is 35.8 Å². The zero-order chi connectivity index (χ0) is 38.3. The van der Waals surface area contributed by atoms with Crippen molar-refractivity contribution in [2.45, 2.75) is 90.6 Å². The lowest BCUT2D eigenvalue weighted by Crippen LogP contribution is -2.44. The van der Waals surface area contributed by atoms with E-state index < -0.39 is 55.1 Å². The Kier molecular flexibility index (Phi) is 8.05. The Hall–Kier alpha value is -3.26. The van der Waals surface area contributed by atoms with Crippen LogP contribution in [0.25, 0.3) is 6.08 Å². The van der Waals surface area contributed by atoms with Gasteiger partial charge in [0, 0.05) is 22.8 Å². The maximum atomic E-state index is 13.5. The van der Waals surface area contributed by atoms with Crippen LogP contribution in [0.3, 0.4) is 0 Å². The normalized spacial score (nSPS) is 37.1. The number of hydrogen-bond donors (Lipinski definition) is 0. The van der Waals surface area contributed by atoms with Crippen LogP contribution >= 0.6 is 0 Å². The molecule has 7 aliphatic rings. The molecular weight excluding hydrogens is 733 g/mol. The lowest BCUT2D eigenvalue weighted by Gasteiger charge is -2.37. The lowest BCUT2D eigenvalue weighted by atomic mass is 9.69. The molecule has 5 aliphatic carbocycles. The standard InChI is InChI=1S/C20H23F2NO3S.C19H21F2NO3S/c1-19(2)12-5-6-20(19)10-27(25,26)23(17(20)8-12)18(24)14-9-13(14)11-3-4-15(21)16(22)7-11;1-18(2)13-7-8-19(18)11-26(24,25)22(16(19)10-13)17(23)6-4-12-3-5-14(20)15(21)9-12/h3-4,7,12-14,17H,5-6,8-10H2,1-2H3;3-6,9,13,16H,7-8,10-11H2,1-2H3/b;6-4+/t12?,13?,14-,17-,20-;13?,16-,19-/m11/s1. The van der Waals surface area contributed by atoms with E-state index in [1.807, 2.05) is 0 Å². The quantitative estimate of drug-likeness (QED) is 0.250. The second-order valence-corrected chi connectivity index (χ2v) is 21.3. The Labute approximate surface area is 308 Å². The number of hydrogen-bond acceptors (Lipinski definition) is 6. The maximum Gasteiger partial charge on any atom is 0.260 e. The molecule has 5 saturated carbocycles.